The van der Waals surface area contributed by atoms with Gasteiger partial charge in [-0.25, -0.2) is 9.67 Å². The third-order valence-corrected chi connectivity index (χ3v) is 5.90. The van der Waals surface area contributed by atoms with Gasteiger partial charge in [0.1, 0.15) is 5.75 Å². The Kier molecular flexibility index (Phi) is 5.21. The molecule has 29 heavy (non-hydrogen) atoms. The highest BCUT2D eigenvalue weighted by molar-refractivity contribution is 6.38. The molecule has 0 N–H and O–H groups in total. The van der Waals surface area contributed by atoms with Gasteiger partial charge in [0, 0.05) is 19.3 Å². The molecule has 1 aliphatic heterocycles. The van der Waals surface area contributed by atoms with Crippen molar-refractivity contribution in [3.05, 3.63) is 46.7 Å². The van der Waals surface area contributed by atoms with Gasteiger partial charge < -0.3 is 9.64 Å². The highest BCUT2D eigenvalue weighted by atomic mass is 35.5. The lowest BCUT2D eigenvalue weighted by atomic mass is 9.91. The van der Waals surface area contributed by atoms with Crippen LogP contribution in [0.4, 0.5) is 0 Å². The molecule has 1 saturated heterocycles. The Morgan fingerprint density at radius 1 is 1.17 bits per heavy atom. The number of hydrogen-bond donors (Lipinski definition) is 0. The molecular weight excluding hydrogens is 388 g/mol. The van der Waals surface area contributed by atoms with Gasteiger partial charge in [0.25, 0.3) is 5.91 Å². The Labute approximate surface area is 175 Å². The molecule has 0 unspecified atom stereocenters. The molecule has 2 atom stereocenters. The number of aromatic nitrogens is 3. The molecule has 3 aromatic rings. The summed E-state index contributed by atoms with van der Waals surface area (Å²) in [5, 5.41) is 5.75. The zero-order chi connectivity index (χ0) is 20.7. The Balaban J connectivity index is 1.74. The van der Waals surface area contributed by atoms with Crippen molar-refractivity contribution in [3.8, 4) is 11.4 Å². The molecule has 2 aromatic heterocycles. The number of aryl methyl sites for hydroxylation is 1. The van der Waals surface area contributed by atoms with E-state index in [1.54, 1.807) is 18.0 Å². The lowest BCUT2D eigenvalue weighted by Gasteiger charge is -2.35. The van der Waals surface area contributed by atoms with Crippen molar-refractivity contribution in [2.45, 2.75) is 27.2 Å². The first kappa shape index (κ1) is 19.7. The molecular formula is C22H25ClN4O2. The number of halogens is 1. The number of carbonyl (C=O) groups is 1. The number of hydrogen-bond acceptors (Lipinski definition) is 4. The number of rotatable bonds is 3. The smallest absolute Gasteiger partial charge is 0.256 e. The maximum absolute atomic E-state index is 13.2. The van der Waals surface area contributed by atoms with E-state index in [9.17, 15) is 4.79 Å². The van der Waals surface area contributed by atoms with E-state index in [0.717, 1.165) is 36.6 Å². The van der Waals surface area contributed by atoms with Gasteiger partial charge in [0.2, 0.25) is 0 Å². The number of carbonyl (C=O) groups excluding carboxylic acids is 1. The number of amides is 1. The summed E-state index contributed by atoms with van der Waals surface area (Å²) in [5.74, 6) is 1.68. The van der Waals surface area contributed by atoms with Gasteiger partial charge in [0.15, 0.2) is 5.65 Å². The summed E-state index contributed by atoms with van der Waals surface area (Å²) in [7, 11) is 1.63. The lowest BCUT2D eigenvalue weighted by Crippen LogP contribution is -2.42. The average Bonchev–Trinajstić information content (AvgIpc) is 3.04. The maximum atomic E-state index is 13.2. The molecule has 0 saturated carbocycles. The lowest BCUT2D eigenvalue weighted by molar-refractivity contribution is 0.0623. The van der Waals surface area contributed by atoms with Crippen LogP contribution >= 0.6 is 11.6 Å². The SMILES string of the molecule is COc1ccc(-n2nc(C)c3c(Cl)c(C(=O)N4C[C@H](C)C[C@H](C)C4)cnc32)cc1. The number of pyridine rings is 1. The van der Waals surface area contributed by atoms with Crippen molar-refractivity contribution < 1.29 is 9.53 Å². The minimum Gasteiger partial charge on any atom is -0.497 e. The molecule has 6 nitrogen and oxygen atoms in total. The van der Waals surface area contributed by atoms with E-state index in [1.165, 1.54) is 0 Å². The number of ether oxygens (including phenoxy) is 1. The van der Waals surface area contributed by atoms with Crippen LogP contribution in [0, 0.1) is 18.8 Å². The molecule has 3 heterocycles. The number of methoxy groups -OCH3 is 1. The quantitative estimate of drug-likeness (QED) is 0.635. The van der Waals surface area contributed by atoms with Gasteiger partial charge in [-0.05, 0) is 49.4 Å². The van der Waals surface area contributed by atoms with Crippen LogP contribution < -0.4 is 4.74 Å². The van der Waals surface area contributed by atoms with Crippen molar-refractivity contribution in [1.82, 2.24) is 19.7 Å². The average molecular weight is 413 g/mol. The van der Waals surface area contributed by atoms with Gasteiger partial charge in [-0.2, -0.15) is 5.10 Å². The molecule has 7 heteroatoms. The highest BCUT2D eigenvalue weighted by Gasteiger charge is 2.29. The van der Waals surface area contributed by atoms with E-state index in [4.69, 9.17) is 16.3 Å². The van der Waals surface area contributed by atoms with E-state index in [0.29, 0.717) is 33.5 Å². The monoisotopic (exact) mass is 412 g/mol. The molecule has 1 aliphatic rings. The zero-order valence-corrected chi connectivity index (χ0v) is 17.9. The molecule has 0 bridgehead atoms. The molecule has 1 amide bonds. The largest absolute Gasteiger partial charge is 0.497 e. The topological polar surface area (TPSA) is 60.3 Å². The molecule has 0 aliphatic carbocycles. The maximum Gasteiger partial charge on any atom is 0.256 e. The van der Waals surface area contributed by atoms with Crippen LogP contribution in [0.1, 0.15) is 36.3 Å². The second-order valence-electron chi connectivity index (χ2n) is 8.04. The highest BCUT2D eigenvalue weighted by Crippen LogP contribution is 2.32. The van der Waals surface area contributed by atoms with Gasteiger partial charge in [0.05, 0.1) is 34.5 Å². The Morgan fingerprint density at radius 3 is 2.45 bits per heavy atom. The minimum absolute atomic E-state index is 0.0561. The summed E-state index contributed by atoms with van der Waals surface area (Å²) in [6.45, 7) is 7.75. The fourth-order valence-corrected chi connectivity index (χ4v) is 4.61. The third-order valence-electron chi connectivity index (χ3n) is 5.51. The second kappa shape index (κ2) is 7.67. The summed E-state index contributed by atoms with van der Waals surface area (Å²) in [6.07, 6.45) is 2.72. The van der Waals surface area contributed by atoms with Crippen LogP contribution in [0.25, 0.3) is 16.7 Å². The van der Waals surface area contributed by atoms with Crippen molar-refractivity contribution in [1.29, 1.82) is 0 Å². The fourth-order valence-electron chi connectivity index (χ4n) is 4.26. The first-order valence-electron chi connectivity index (χ1n) is 9.86. The van der Waals surface area contributed by atoms with Crippen molar-refractivity contribution in [2.24, 2.45) is 11.8 Å². The second-order valence-corrected chi connectivity index (χ2v) is 8.41. The van der Waals surface area contributed by atoms with Crippen LogP contribution in [0.3, 0.4) is 0 Å². The van der Waals surface area contributed by atoms with E-state index in [2.05, 4.69) is 23.9 Å². The van der Waals surface area contributed by atoms with E-state index in [1.807, 2.05) is 36.1 Å². The third kappa shape index (κ3) is 3.57. The van der Waals surface area contributed by atoms with Crippen molar-refractivity contribution in [3.63, 3.8) is 0 Å². The van der Waals surface area contributed by atoms with E-state index < -0.39 is 0 Å². The molecule has 0 radical (unpaired) electrons. The van der Waals surface area contributed by atoms with Crippen LogP contribution in [0.2, 0.25) is 5.02 Å². The van der Waals surface area contributed by atoms with Gasteiger partial charge in [-0.1, -0.05) is 25.4 Å². The number of nitrogens with zero attached hydrogens (tertiary/aromatic N) is 4. The van der Waals surface area contributed by atoms with E-state index >= 15 is 0 Å². The first-order valence-corrected chi connectivity index (χ1v) is 10.2. The number of likely N-dealkylation sites (tertiary alicyclic amines) is 1. The summed E-state index contributed by atoms with van der Waals surface area (Å²) < 4.78 is 6.97. The molecule has 152 valence electrons. The van der Waals surface area contributed by atoms with Gasteiger partial charge in [-0.3, -0.25) is 4.79 Å². The van der Waals surface area contributed by atoms with E-state index in [-0.39, 0.29) is 5.91 Å². The summed E-state index contributed by atoms with van der Waals surface area (Å²) in [5.41, 5.74) is 2.67. The minimum atomic E-state index is -0.0561. The number of fused-ring (bicyclic) bond motifs is 1. The van der Waals surface area contributed by atoms with Crippen LogP contribution in [0.5, 0.6) is 5.75 Å². The Morgan fingerprint density at radius 2 is 1.83 bits per heavy atom. The first-order chi connectivity index (χ1) is 13.9. The summed E-state index contributed by atoms with van der Waals surface area (Å²) >= 11 is 6.72. The molecule has 1 fully saturated rings. The van der Waals surface area contributed by atoms with Crippen LogP contribution in [-0.4, -0.2) is 45.8 Å². The van der Waals surface area contributed by atoms with Crippen molar-refractivity contribution >= 4 is 28.5 Å². The van der Waals surface area contributed by atoms with Crippen molar-refractivity contribution in [2.75, 3.05) is 20.2 Å². The zero-order valence-electron chi connectivity index (χ0n) is 17.1. The predicted octanol–water partition coefficient (Wildman–Crippen LogP) is 4.51. The molecule has 0 spiro atoms. The molecule has 4 rings (SSSR count). The number of piperidine rings is 1. The van der Waals surface area contributed by atoms with Gasteiger partial charge in [-0.15, -0.1) is 0 Å². The molecule has 1 aromatic carbocycles. The normalized spacial score (nSPS) is 19.6. The Bertz CT molecular complexity index is 1050. The van der Waals surface area contributed by atoms with Crippen LogP contribution in [0.15, 0.2) is 30.5 Å². The predicted molar refractivity (Wildman–Crippen MR) is 114 cm³/mol. The summed E-state index contributed by atoms with van der Waals surface area (Å²) in [4.78, 5) is 19.6. The fraction of sp³-hybridized carbons (Fsp3) is 0.409. The Hall–Kier alpha value is -2.60. The van der Waals surface area contributed by atoms with Crippen LogP contribution in [-0.2, 0) is 0 Å². The number of benzene rings is 1. The standard InChI is InChI=1S/C22H25ClN4O2/c1-13-9-14(2)12-26(11-13)22(28)18-10-24-21-19(20(18)23)15(3)25-27(21)16-5-7-17(29-4)8-6-16/h5-8,10,13-14H,9,11-12H2,1-4H3/t13-,14+. The van der Waals surface area contributed by atoms with Gasteiger partial charge >= 0.3 is 0 Å². The summed E-state index contributed by atoms with van der Waals surface area (Å²) in [6, 6.07) is 7.57.